The highest BCUT2D eigenvalue weighted by atomic mass is 15.0. The van der Waals surface area contributed by atoms with Gasteiger partial charge in [0.15, 0.2) is 0 Å². The minimum atomic E-state index is 0.0330. The summed E-state index contributed by atoms with van der Waals surface area (Å²) in [5.41, 5.74) is 0.318. The standard InChI is InChI=1S/C9H19N/c1-8(2)6-5-7-10-9(8,3)4/h10H,5-7H2,1-4H3/i/hD. The molecule has 1 aliphatic heterocycles. The lowest BCUT2D eigenvalue weighted by molar-refractivity contribution is 0.106. The maximum Gasteiger partial charge on any atom is 0.123 e. The van der Waals surface area contributed by atoms with Crippen LogP contribution in [0.25, 0.3) is 0 Å². The van der Waals surface area contributed by atoms with Crippen molar-refractivity contribution in [2.24, 2.45) is 5.41 Å². The molecule has 1 heteroatoms. The fraction of sp³-hybridized carbons (Fsp3) is 1.00. The number of nitrogens with one attached hydrogen (secondary N) is 1. The summed E-state index contributed by atoms with van der Waals surface area (Å²) >= 11 is 0. The fourth-order valence-corrected chi connectivity index (χ4v) is 1.40. The van der Waals surface area contributed by atoms with Gasteiger partial charge in [-0.25, -0.2) is 0 Å². The van der Waals surface area contributed by atoms with Gasteiger partial charge in [0.25, 0.3) is 0 Å². The van der Waals surface area contributed by atoms with Gasteiger partial charge < -0.3 is 5.31 Å². The van der Waals surface area contributed by atoms with Crippen LogP contribution in [-0.2, 0) is 0 Å². The van der Waals surface area contributed by atoms with E-state index in [9.17, 15) is 0 Å². The van der Waals surface area contributed by atoms with E-state index in [1.54, 1.807) is 5.31 Å². The molecule has 0 aromatic heterocycles. The maximum atomic E-state index is 7.76. The van der Waals surface area contributed by atoms with Crippen LogP contribution < -0.4 is 5.31 Å². The summed E-state index contributed by atoms with van der Waals surface area (Å²) in [4.78, 5) is 0. The normalized spacial score (nSPS) is 33.4. The van der Waals surface area contributed by atoms with Gasteiger partial charge in [-0.2, -0.15) is 0 Å². The summed E-state index contributed by atoms with van der Waals surface area (Å²) in [5.74, 6) is 0. The van der Waals surface area contributed by atoms with Crippen LogP contribution in [0.15, 0.2) is 0 Å². The van der Waals surface area contributed by atoms with Crippen molar-refractivity contribution in [3.8, 4) is 0 Å². The Labute approximate surface area is 65.7 Å². The van der Waals surface area contributed by atoms with E-state index >= 15 is 0 Å². The predicted molar refractivity (Wildman–Crippen MR) is 45.1 cm³/mol. The summed E-state index contributed by atoms with van der Waals surface area (Å²) < 4.78 is 7.76. The molecule has 0 amide bonds. The predicted octanol–water partition coefficient (Wildman–Crippen LogP) is 2.17. The highest BCUT2D eigenvalue weighted by Gasteiger charge is 2.38. The monoisotopic (exact) mass is 142 g/mol. The first-order valence-electron chi connectivity index (χ1n) is 4.59. The zero-order chi connectivity index (χ0) is 8.70. The lowest BCUT2D eigenvalue weighted by Gasteiger charge is -2.46. The summed E-state index contributed by atoms with van der Waals surface area (Å²) in [6.07, 6.45) is 2.41. The lowest BCUT2D eigenvalue weighted by atomic mass is 9.69. The van der Waals surface area contributed by atoms with Crippen LogP contribution in [0.1, 0.15) is 40.5 Å². The fourth-order valence-electron chi connectivity index (χ4n) is 1.40. The van der Waals surface area contributed by atoms with Gasteiger partial charge in [0.2, 0.25) is 0 Å². The third-order valence-electron chi connectivity index (χ3n) is 3.12. The summed E-state index contributed by atoms with van der Waals surface area (Å²) in [6, 6.07) is 0. The van der Waals surface area contributed by atoms with Crippen molar-refractivity contribution in [1.82, 2.24) is 5.31 Å². The van der Waals surface area contributed by atoms with Crippen LogP contribution in [0.3, 0.4) is 0 Å². The van der Waals surface area contributed by atoms with Gasteiger partial charge >= 0.3 is 0 Å². The minimum absolute atomic E-state index is 0.0330. The average molecular weight is 142 g/mol. The summed E-state index contributed by atoms with van der Waals surface area (Å²) in [6.45, 7) is 9.77. The first-order chi connectivity index (χ1) is 4.88. The number of hydrogen-bond acceptors (Lipinski definition) is 1. The molecule has 1 fully saturated rings. The van der Waals surface area contributed by atoms with E-state index in [2.05, 4.69) is 27.7 Å². The Balaban J connectivity index is 2.82. The van der Waals surface area contributed by atoms with Crippen LogP contribution in [0.4, 0.5) is 0 Å². The third-order valence-corrected chi connectivity index (χ3v) is 3.12. The van der Waals surface area contributed by atoms with E-state index in [1.807, 2.05) is 0 Å². The van der Waals surface area contributed by atoms with Crippen LogP contribution in [0.5, 0.6) is 0 Å². The van der Waals surface area contributed by atoms with E-state index in [4.69, 9.17) is 1.41 Å². The second-order valence-corrected chi connectivity index (χ2v) is 4.43. The molecule has 0 radical (unpaired) electrons. The molecular weight excluding hydrogens is 122 g/mol. The van der Waals surface area contributed by atoms with Gasteiger partial charge in [-0.1, -0.05) is 13.8 Å². The van der Waals surface area contributed by atoms with Gasteiger partial charge in [0.05, 0.1) is 0 Å². The van der Waals surface area contributed by atoms with Crippen molar-refractivity contribution in [3.63, 3.8) is 0 Å². The molecule has 0 spiro atoms. The van der Waals surface area contributed by atoms with Crippen LogP contribution >= 0.6 is 0 Å². The highest BCUT2D eigenvalue weighted by molar-refractivity contribution is 4.95. The molecule has 1 rings (SSSR count). The first kappa shape index (κ1) is 6.66. The van der Waals surface area contributed by atoms with Gasteiger partial charge in [-0.05, 0) is 38.6 Å². The second kappa shape index (κ2) is 2.23. The molecule has 0 aromatic carbocycles. The minimum Gasteiger partial charge on any atom is -0.311 e. The van der Waals surface area contributed by atoms with Crippen molar-refractivity contribution in [2.45, 2.75) is 46.1 Å². The average Bonchev–Trinajstić information content (AvgIpc) is 1.84. The SMILES string of the molecule is [2H]N1CCCC(C)(C)C1(C)C. The maximum absolute atomic E-state index is 7.76. The molecule has 1 nitrogen and oxygen atoms in total. The molecule has 1 heterocycles. The molecule has 1 N–H and O–H groups in total. The largest absolute Gasteiger partial charge is 0.311 e. The number of hydrogen-bond donors (Lipinski definition) is 1. The van der Waals surface area contributed by atoms with E-state index in [1.165, 1.54) is 12.8 Å². The van der Waals surface area contributed by atoms with Crippen molar-refractivity contribution < 1.29 is 1.41 Å². The van der Waals surface area contributed by atoms with Crippen molar-refractivity contribution >= 4 is 0 Å². The van der Waals surface area contributed by atoms with Gasteiger partial charge in [0.1, 0.15) is 1.41 Å². The zero-order valence-electron chi connectivity index (χ0n) is 8.57. The lowest BCUT2D eigenvalue weighted by Crippen LogP contribution is -2.54. The van der Waals surface area contributed by atoms with Gasteiger partial charge in [-0.3, -0.25) is 0 Å². The van der Waals surface area contributed by atoms with E-state index in [0.717, 1.165) is 6.54 Å². The summed E-state index contributed by atoms with van der Waals surface area (Å²) in [5, 5.41) is 1.73. The Morgan fingerprint density at radius 1 is 1.30 bits per heavy atom. The van der Waals surface area contributed by atoms with E-state index < -0.39 is 0 Å². The molecule has 10 heavy (non-hydrogen) atoms. The van der Waals surface area contributed by atoms with E-state index in [0.29, 0.717) is 0 Å². The molecule has 60 valence electrons. The Morgan fingerprint density at radius 2 is 1.90 bits per heavy atom. The topological polar surface area (TPSA) is 12.0 Å². The van der Waals surface area contributed by atoms with Crippen LogP contribution in [-0.4, -0.2) is 12.1 Å². The van der Waals surface area contributed by atoms with Crippen LogP contribution in [0.2, 0.25) is 1.41 Å². The molecule has 0 bridgehead atoms. The Hall–Kier alpha value is -0.0400. The van der Waals surface area contributed by atoms with E-state index in [-0.39, 0.29) is 11.0 Å². The molecule has 0 aromatic rings. The quantitative estimate of drug-likeness (QED) is 0.546. The van der Waals surface area contributed by atoms with Crippen molar-refractivity contribution in [3.05, 3.63) is 0 Å². The van der Waals surface area contributed by atoms with Crippen molar-refractivity contribution in [1.29, 1.82) is 0 Å². The zero-order valence-corrected chi connectivity index (χ0v) is 7.57. The number of rotatable bonds is 0. The molecule has 1 saturated heterocycles. The molecule has 0 aliphatic carbocycles. The summed E-state index contributed by atoms with van der Waals surface area (Å²) in [7, 11) is 0. The Morgan fingerprint density at radius 3 is 2.30 bits per heavy atom. The number of piperidine rings is 1. The molecule has 0 atom stereocenters. The Bertz CT molecular complexity index is 152. The molecular formula is C9H19N. The van der Waals surface area contributed by atoms with Gasteiger partial charge in [-0.15, -0.1) is 0 Å². The third kappa shape index (κ3) is 1.20. The molecule has 1 aliphatic rings. The molecule has 0 saturated carbocycles. The highest BCUT2D eigenvalue weighted by Crippen LogP contribution is 2.37. The smallest absolute Gasteiger partial charge is 0.123 e. The molecule has 0 unspecified atom stereocenters. The van der Waals surface area contributed by atoms with Crippen LogP contribution in [0, 0.1) is 5.41 Å². The Kier molecular flexibility index (Phi) is 1.48. The van der Waals surface area contributed by atoms with Gasteiger partial charge in [0, 0.05) is 5.54 Å². The second-order valence-electron chi connectivity index (χ2n) is 4.43. The first-order valence-corrected chi connectivity index (χ1v) is 4.14. The van der Waals surface area contributed by atoms with Crippen molar-refractivity contribution in [2.75, 3.05) is 6.54 Å².